The van der Waals surface area contributed by atoms with Crippen molar-refractivity contribution in [3.63, 3.8) is 0 Å². The van der Waals surface area contributed by atoms with Gasteiger partial charge in [-0.3, -0.25) is 10.1 Å². The monoisotopic (exact) mass is 292 g/mol. The topological polar surface area (TPSA) is 32.3 Å². The molecule has 0 spiro atoms. The summed E-state index contributed by atoms with van der Waals surface area (Å²) in [5.41, 5.74) is 0. The van der Waals surface area contributed by atoms with E-state index in [1.165, 1.54) is 19.3 Å². The van der Waals surface area contributed by atoms with Crippen LogP contribution < -0.4 is 5.32 Å². The number of likely N-dealkylation sites (tertiary alicyclic amines) is 1. The largest absolute Gasteiger partial charge is 0.341 e. The summed E-state index contributed by atoms with van der Waals surface area (Å²) in [5.74, 6) is 3.77. The molecule has 0 bridgehead atoms. The maximum atomic E-state index is 12.3. The molecule has 2 unspecified atom stereocenters. The second kappa shape index (κ2) is 7.61. The Kier molecular flexibility index (Phi) is 6.82. The molecule has 0 aromatic heterocycles. The van der Waals surface area contributed by atoms with Crippen LogP contribution in [0.5, 0.6) is 0 Å². The van der Waals surface area contributed by atoms with E-state index in [9.17, 15) is 4.79 Å². The fourth-order valence-electron chi connectivity index (χ4n) is 2.78. The zero-order valence-electron chi connectivity index (χ0n) is 11.4. The van der Waals surface area contributed by atoms with Gasteiger partial charge in [0.05, 0.1) is 6.04 Å². The highest BCUT2D eigenvalue weighted by Gasteiger charge is 2.29. The van der Waals surface area contributed by atoms with Crippen LogP contribution in [0.3, 0.4) is 0 Å². The van der Waals surface area contributed by atoms with Gasteiger partial charge in [-0.2, -0.15) is 0 Å². The van der Waals surface area contributed by atoms with Gasteiger partial charge in [0.2, 0.25) is 5.91 Å². The van der Waals surface area contributed by atoms with Crippen molar-refractivity contribution < 1.29 is 4.79 Å². The molecule has 2 saturated heterocycles. The Morgan fingerprint density at radius 3 is 2.72 bits per heavy atom. The molecule has 2 fully saturated rings. The molecule has 0 aromatic carbocycles. The number of carbonyl (C=O) groups excluding carboxylic acids is 1. The minimum atomic E-state index is 0. The number of nitrogens with one attached hydrogen (secondary N) is 1. The Hall–Kier alpha value is 0.0700. The van der Waals surface area contributed by atoms with Gasteiger partial charge in [0.15, 0.2) is 0 Å². The maximum Gasteiger partial charge on any atom is 0.240 e. The number of halogens is 1. The van der Waals surface area contributed by atoms with E-state index in [4.69, 9.17) is 0 Å². The fraction of sp³-hybridized carbons (Fsp3) is 0.923. The normalized spacial score (nSPS) is 28.9. The highest BCUT2D eigenvalue weighted by Crippen LogP contribution is 2.25. The second-order valence-corrected chi connectivity index (χ2v) is 6.56. The SMILES string of the molecule is CC(C)C1CCCN(C(=O)C2CSCN2)CC1.Cl. The number of nitrogens with zero attached hydrogens (tertiary/aromatic N) is 1. The first kappa shape index (κ1) is 16.1. The summed E-state index contributed by atoms with van der Waals surface area (Å²) < 4.78 is 0. The number of rotatable bonds is 2. The first-order chi connectivity index (χ1) is 8.18. The highest BCUT2D eigenvalue weighted by molar-refractivity contribution is 7.99. The molecule has 18 heavy (non-hydrogen) atoms. The summed E-state index contributed by atoms with van der Waals surface area (Å²) in [6.45, 7) is 6.53. The Morgan fingerprint density at radius 2 is 2.11 bits per heavy atom. The standard InChI is InChI=1S/C13H24N2OS.ClH/c1-10(2)11-4-3-6-15(7-5-11)13(16)12-8-17-9-14-12;/h10-12,14H,3-9H2,1-2H3;1H. The maximum absolute atomic E-state index is 12.3. The lowest BCUT2D eigenvalue weighted by Gasteiger charge is -2.24. The summed E-state index contributed by atoms with van der Waals surface area (Å²) in [4.78, 5) is 14.4. The van der Waals surface area contributed by atoms with Crippen LogP contribution in [0.25, 0.3) is 0 Å². The van der Waals surface area contributed by atoms with Crippen LogP contribution in [0.4, 0.5) is 0 Å². The Morgan fingerprint density at radius 1 is 1.33 bits per heavy atom. The third-order valence-electron chi connectivity index (χ3n) is 4.04. The van der Waals surface area contributed by atoms with Gasteiger partial charge in [-0.25, -0.2) is 0 Å². The van der Waals surface area contributed by atoms with E-state index in [0.29, 0.717) is 5.91 Å². The van der Waals surface area contributed by atoms with Gasteiger partial charge in [-0.05, 0) is 31.1 Å². The van der Waals surface area contributed by atoms with Crippen molar-refractivity contribution in [1.82, 2.24) is 10.2 Å². The van der Waals surface area contributed by atoms with E-state index in [-0.39, 0.29) is 18.4 Å². The van der Waals surface area contributed by atoms with Crippen molar-refractivity contribution in [2.75, 3.05) is 24.7 Å². The van der Waals surface area contributed by atoms with Crippen molar-refractivity contribution in [1.29, 1.82) is 0 Å². The molecule has 0 aromatic rings. The minimum absolute atomic E-state index is 0. The predicted molar refractivity (Wildman–Crippen MR) is 80.3 cm³/mol. The van der Waals surface area contributed by atoms with Crippen molar-refractivity contribution in [3.8, 4) is 0 Å². The molecule has 0 aliphatic carbocycles. The lowest BCUT2D eigenvalue weighted by molar-refractivity contribution is -0.132. The Balaban J connectivity index is 0.00000162. The molecule has 2 aliphatic rings. The van der Waals surface area contributed by atoms with Gasteiger partial charge in [0.25, 0.3) is 0 Å². The summed E-state index contributed by atoms with van der Waals surface area (Å²) >= 11 is 1.83. The average Bonchev–Trinajstić information content (AvgIpc) is 2.71. The van der Waals surface area contributed by atoms with Crippen LogP contribution in [0.2, 0.25) is 0 Å². The van der Waals surface area contributed by atoms with E-state index >= 15 is 0 Å². The molecule has 1 N–H and O–H groups in total. The van der Waals surface area contributed by atoms with E-state index in [0.717, 1.165) is 36.6 Å². The molecule has 3 nitrogen and oxygen atoms in total. The van der Waals surface area contributed by atoms with Gasteiger partial charge >= 0.3 is 0 Å². The molecule has 5 heteroatoms. The molecule has 1 amide bonds. The summed E-state index contributed by atoms with van der Waals surface area (Å²) in [7, 11) is 0. The van der Waals surface area contributed by atoms with E-state index in [1.807, 2.05) is 11.8 Å². The minimum Gasteiger partial charge on any atom is -0.341 e. The second-order valence-electron chi connectivity index (χ2n) is 5.53. The van der Waals surface area contributed by atoms with Crippen LogP contribution in [0, 0.1) is 11.8 Å². The number of hydrogen-bond donors (Lipinski definition) is 1. The smallest absolute Gasteiger partial charge is 0.240 e. The van der Waals surface area contributed by atoms with Crippen LogP contribution >= 0.6 is 24.2 Å². The third kappa shape index (κ3) is 4.04. The van der Waals surface area contributed by atoms with Gasteiger partial charge in [0, 0.05) is 24.7 Å². The number of thioether (sulfide) groups is 1. The Bertz CT molecular complexity index is 270. The van der Waals surface area contributed by atoms with E-state index in [2.05, 4.69) is 24.1 Å². The molecule has 2 rings (SSSR count). The summed E-state index contributed by atoms with van der Waals surface area (Å²) in [6.07, 6.45) is 3.64. The summed E-state index contributed by atoms with van der Waals surface area (Å²) in [6, 6.07) is 0.0793. The highest BCUT2D eigenvalue weighted by atomic mass is 35.5. The first-order valence-electron chi connectivity index (χ1n) is 6.78. The quantitative estimate of drug-likeness (QED) is 0.848. The van der Waals surface area contributed by atoms with Crippen LogP contribution in [0.15, 0.2) is 0 Å². The third-order valence-corrected chi connectivity index (χ3v) is 4.98. The molecule has 2 atom stereocenters. The van der Waals surface area contributed by atoms with Crippen LogP contribution in [0.1, 0.15) is 33.1 Å². The molecule has 106 valence electrons. The molecular weight excluding hydrogens is 268 g/mol. The molecule has 2 aliphatic heterocycles. The number of amides is 1. The summed E-state index contributed by atoms with van der Waals surface area (Å²) in [5, 5.41) is 3.28. The first-order valence-corrected chi connectivity index (χ1v) is 7.94. The number of hydrogen-bond acceptors (Lipinski definition) is 3. The van der Waals surface area contributed by atoms with E-state index < -0.39 is 0 Å². The zero-order valence-corrected chi connectivity index (χ0v) is 13.0. The number of carbonyl (C=O) groups is 1. The van der Waals surface area contributed by atoms with Crippen molar-refractivity contribution in [2.45, 2.75) is 39.2 Å². The molecule has 0 saturated carbocycles. The van der Waals surface area contributed by atoms with Gasteiger partial charge < -0.3 is 4.90 Å². The molecule has 0 radical (unpaired) electrons. The Labute approximate surface area is 121 Å². The predicted octanol–water partition coefficient (Wildman–Crippen LogP) is 2.36. The van der Waals surface area contributed by atoms with Crippen LogP contribution in [-0.4, -0.2) is 41.6 Å². The van der Waals surface area contributed by atoms with Crippen molar-refractivity contribution >= 4 is 30.1 Å². The lowest BCUT2D eigenvalue weighted by Crippen LogP contribution is -2.45. The molecular formula is C13H25ClN2OS. The zero-order chi connectivity index (χ0) is 12.3. The van der Waals surface area contributed by atoms with Crippen LogP contribution in [-0.2, 0) is 4.79 Å². The molecule has 2 heterocycles. The van der Waals surface area contributed by atoms with Gasteiger partial charge in [0.1, 0.15) is 0 Å². The lowest BCUT2D eigenvalue weighted by atomic mass is 9.89. The van der Waals surface area contributed by atoms with E-state index in [1.54, 1.807) is 0 Å². The fourth-order valence-corrected chi connectivity index (χ4v) is 3.72. The average molecular weight is 293 g/mol. The van der Waals surface area contributed by atoms with Gasteiger partial charge in [-0.1, -0.05) is 13.8 Å². The van der Waals surface area contributed by atoms with Gasteiger partial charge in [-0.15, -0.1) is 24.2 Å². The van der Waals surface area contributed by atoms with Crippen molar-refractivity contribution in [2.24, 2.45) is 11.8 Å². The van der Waals surface area contributed by atoms with Crippen molar-refractivity contribution in [3.05, 3.63) is 0 Å².